The molecule has 0 radical (unpaired) electrons. The standard InChI is InChI=1S/C9H17N/c1-6-7-3-4-8(5-7)9(6,2)10/h6-8H,3-5,10H2,1-2H3. The van der Waals surface area contributed by atoms with E-state index in [1.165, 1.54) is 19.3 Å². The van der Waals surface area contributed by atoms with Crippen molar-refractivity contribution in [2.75, 3.05) is 0 Å². The first-order chi connectivity index (χ1) is 4.62. The normalized spacial score (nSPS) is 59.7. The molecule has 0 aromatic carbocycles. The molecule has 2 aliphatic carbocycles. The van der Waals surface area contributed by atoms with Crippen LogP contribution < -0.4 is 5.73 Å². The van der Waals surface area contributed by atoms with Crippen molar-refractivity contribution in [2.45, 2.75) is 38.6 Å². The van der Waals surface area contributed by atoms with Gasteiger partial charge in [0, 0.05) is 5.54 Å². The van der Waals surface area contributed by atoms with Crippen LogP contribution in [0.4, 0.5) is 0 Å². The minimum atomic E-state index is 0.170. The van der Waals surface area contributed by atoms with Crippen molar-refractivity contribution in [1.29, 1.82) is 0 Å². The molecule has 2 bridgehead atoms. The van der Waals surface area contributed by atoms with Gasteiger partial charge >= 0.3 is 0 Å². The quantitative estimate of drug-likeness (QED) is 0.544. The van der Waals surface area contributed by atoms with Crippen molar-refractivity contribution >= 4 is 0 Å². The van der Waals surface area contributed by atoms with Crippen molar-refractivity contribution in [3.63, 3.8) is 0 Å². The Hall–Kier alpha value is -0.0400. The topological polar surface area (TPSA) is 26.0 Å². The lowest BCUT2D eigenvalue weighted by Crippen LogP contribution is -2.47. The van der Waals surface area contributed by atoms with E-state index in [1.54, 1.807) is 0 Å². The highest BCUT2D eigenvalue weighted by Gasteiger charge is 2.50. The first-order valence-electron chi connectivity index (χ1n) is 4.41. The fourth-order valence-electron chi connectivity index (χ4n) is 2.92. The van der Waals surface area contributed by atoms with Gasteiger partial charge in [-0.15, -0.1) is 0 Å². The van der Waals surface area contributed by atoms with Crippen LogP contribution in [0.15, 0.2) is 0 Å². The third-order valence-electron chi connectivity index (χ3n) is 4.04. The average Bonchev–Trinajstić information content (AvgIpc) is 2.37. The monoisotopic (exact) mass is 139 g/mol. The number of fused-ring (bicyclic) bond motifs is 2. The maximum atomic E-state index is 6.21. The van der Waals surface area contributed by atoms with Gasteiger partial charge in [0.15, 0.2) is 0 Å². The van der Waals surface area contributed by atoms with Crippen molar-refractivity contribution in [1.82, 2.24) is 0 Å². The van der Waals surface area contributed by atoms with E-state index in [0.29, 0.717) is 0 Å². The van der Waals surface area contributed by atoms with E-state index in [2.05, 4.69) is 13.8 Å². The number of nitrogens with two attached hydrogens (primary N) is 1. The number of rotatable bonds is 0. The Balaban J connectivity index is 2.25. The van der Waals surface area contributed by atoms with Gasteiger partial charge < -0.3 is 5.73 Å². The maximum absolute atomic E-state index is 6.21. The minimum Gasteiger partial charge on any atom is -0.325 e. The van der Waals surface area contributed by atoms with Crippen LogP contribution in [0.25, 0.3) is 0 Å². The van der Waals surface area contributed by atoms with Gasteiger partial charge in [-0.25, -0.2) is 0 Å². The molecule has 1 heteroatoms. The Morgan fingerprint density at radius 3 is 2.40 bits per heavy atom. The highest BCUT2D eigenvalue weighted by atomic mass is 14.8. The van der Waals surface area contributed by atoms with E-state index in [9.17, 15) is 0 Å². The second-order valence-corrected chi connectivity index (χ2v) is 4.42. The summed E-state index contributed by atoms with van der Waals surface area (Å²) in [5, 5.41) is 0. The molecule has 0 amide bonds. The first kappa shape index (κ1) is 6.66. The van der Waals surface area contributed by atoms with Crippen LogP contribution in [-0.4, -0.2) is 5.54 Å². The summed E-state index contributed by atoms with van der Waals surface area (Å²) in [5.74, 6) is 2.57. The van der Waals surface area contributed by atoms with Crippen molar-refractivity contribution < 1.29 is 0 Å². The predicted molar refractivity (Wildman–Crippen MR) is 42.6 cm³/mol. The minimum absolute atomic E-state index is 0.170. The van der Waals surface area contributed by atoms with Gasteiger partial charge in [-0.3, -0.25) is 0 Å². The molecule has 2 rings (SSSR count). The molecule has 0 aromatic heterocycles. The second-order valence-electron chi connectivity index (χ2n) is 4.42. The Morgan fingerprint density at radius 1 is 1.40 bits per heavy atom. The number of hydrogen-bond acceptors (Lipinski definition) is 1. The van der Waals surface area contributed by atoms with Crippen LogP contribution in [0.2, 0.25) is 0 Å². The number of hydrogen-bond donors (Lipinski definition) is 1. The van der Waals surface area contributed by atoms with Crippen molar-refractivity contribution in [2.24, 2.45) is 23.5 Å². The molecule has 4 atom stereocenters. The summed E-state index contributed by atoms with van der Waals surface area (Å²) in [7, 11) is 0. The molecule has 2 N–H and O–H groups in total. The zero-order valence-electron chi connectivity index (χ0n) is 6.93. The van der Waals surface area contributed by atoms with E-state index in [4.69, 9.17) is 5.73 Å². The highest BCUT2D eigenvalue weighted by Crippen LogP contribution is 2.52. The highest BCUT2D eigenvalue weighted by molar-refractivity contribution is 5.05. The molecule has 4 unspecified atom stereocenters. The summed E-state index contributed by atoms with van der Waals surface area (Å²) in [6.45, 7) is 4.56. The molecule has 58 valence electrons. The first-order valence-corrected chi connectivity index (χ1v) is 4.41. The van der Waals surface area contributed by atoms with Gasteiger partial charge in [0.05, 0.1) is 0 Å². The van der Waals surface area contributed by atoms with Crippen LogP contribution in [0, 0.1) is 17.8 Å². The van der Waals surface area contributed by atoms with Crippen molar-refractivity contribution in [3.05, 3.63) is 0 Å². The zero-order chi connectivity index (χ0) is 7.35. The molecular formula is C9H17N. The third-order valence-corrected chi connectivity index (χ3v) is 4.04. The fourth-order valence-corrected chi connectivity index (χ4v) is 2.92. The van der Waals surface area contributed by atoms with E-state index in [-0.39, 0.29) is 5.54 Å². The molecule has 0 heterocycles. The molecule has 0 spiro atoms. The van der Waals surface area contributed by atoms with Gasteiger partial charge in [-0.1, -0.05) is 6.92 Å². The van der Waals surface area contributed by atoms with Gasteiger partial charge in [0.25, 0.3) is 0 Å². The third kappa shape index (κ3) is 0.619. The summed E-state index contributed by atoms with van der Waals surface area (Å²) in [5.41, 5.74) is 6.38. The smallest absolute Gasteiger partial charge is 0.0182 e. The fraction of sp³-hybridized carbons (Fsp3) is 1.00. The molecule has 0 saturated heterocycles. The van der Waals surface area contributed by atoms with E-state index >= 15 is 0 Å². The van der Waals surface area contributed by atoms with Gasteiger partial charge in [0.2, 0.25) is 0 Å². The Kier molecular flexibility index (Phi) is 1.17. The predicted octanol–water partition coefficient (Wildman–Crippen LogP) is 1.77. The maximum Gasteiger partial charge on any atom is 0.0182 e. The van der Waals surface area contributed by atoms with Crippen LogP contribution in [0.3, 0.4) is 0 Å². The van der Waals surface area contributed by atoms with Crippen LogP contribution in [0.5, 0.6) is 0 Å². The van der Waals surface area contributed by atoms with E-state index in [0.717, 1.165) is 17.8 Å². The molecule has 2 aliphatic rings. The van der Waals surface area contributed by atoms with E-state index < -0.39 is 0 Å². The molecule has 2 fully saturated rings. The Morgan fingerprint density at radius 2 is 2.10 bits per heavy atom. The molecule has 10 heavy (non-hydrogen) atoms. The lowest BCUT2D eigenvalue weighted by Gasteiger charge is -2.35. The summed E-state index contributed by atoms with van der Waals surface area (Å²) < 4.78 is 0. The molecule has 0 aliphatic heterocycles. The summed E-state index contributed by atoms with van der Waals surface area (Å²) >= 11 is 0. The average molecular weight is 139 g/mol. The zero-order valence-corrected chi connectivity index (χ0v) is 6.93. The molecular weight excluding hydrogens is 122 g/mol. The Bertz CT molecular complexity index is 147. The van der Waals surface area contributed by atoms with Gasteiger partial charge in [-0.05, 0) is 43.9 Å². The van der Waals surface area contributed by atoms with Crippen LogP contribution >= 0.6 is 0 Å². The lowest BCUT2D eigenvalue weighted by molar-refractivity contribution is 0.210. The van der Waals surface area contributed by atoms with Gasteiger partial charge in [0.1, 0.15) is 0 Å². The molecule has 1 nitrogen and oxygen atoms in total. The van der Waals surface area contributed by atoms with Gasteiger partial charge in [-0.2, -0.15) is 0 Å². The van der Waals surface area contributed by atoms with Crippen LogP contribution in [-0.2, 0) is 0 Å². The Labute approximate surface area is 63.0 Å². The van der Waals surface area contributed by atoms with Crippen molar-refractivity contribution in [3.8, 4) is 0 Å². The summed E-state index contributed by atoms with van der Waals surface area (Å²) in [4.78, 5) is 0. The molecule has 2 saturated carbocycles. The summed E-state index contributed by atoms with van der Waals surface area (Å²) in [6, 6.07) is 0. The SMILES string of the molecule is CC1C2CCC(C2)C1(C)N. The lowest BCUT2D eigenvalue weighted by atomic mass is 9.76. The summed E-state index contributed by atoms with van der Waals surface area (Å²) in [6.07, 6.45) is 4.24. The largest absolute Gasteiger partial charge is 0.325 e. The molecule has 0 aromatic rings. The second kappa shape index (κ2) is 1.76. The van der Waals surface area contributed by atoms with E-state index in [1.807, 2.05) is 0 Å². The van der Waals surface area contributed by atoms with Crippen LogP contribution in [0.1, 0.15) is 33.1 Å².